The highest BCUT2D eigenvalue weighted by Gasteiger charge is 2.26. The summed E-state index contributed by atoms with van der Waals surface area (Å²) in [7, 11) is 0. The summed E-state index contributed by atoms with van der Waals surface area (Å²) in [6.45, 7) is 4.90. The van der Waals surface area contributed by atoms with Gasteiger partial charge in [0.05, 0.1) is 17.6 Å². The lowest BCUT2D eigenvalue weighted by molar-refractivity contribution is -0.151. The third-order valence-electron chi connectivity index (χ3n) is 6.04. The molecular formula is C29H26O7. The highest BCUT2D eigenvalue weighted by Crippen LogP contribution is 2.35. The smallest absolute Gasteiger partial charge is 0.352 e. The Kier molecular flexibility index (Phi) is 6.62. The molecule has 36 heavy (non-hydrogen) atoms. The molecule has 1 aliphatic heterocycles. The molecule has 1 unspecified atom stereocenters. The molecule has 184 valence electrons. The van der Waals surface area contributed by atoms with Crippen molar-refractivity contribution in [1.29, 1.82) is 0 Å². The largest absolute Gasteiger partial charge is 0.486 e. The van der Waals surface area contributed by atoms with E-state index in [0.29, 0.717) is 64.5 Å². The number of carbonyl (C=O) groups is 1. The van der Waals surface area contributed by atoms with E-state index in [9.17, 15) is 9.59 Å². The van der Waals surface area contributed by atoms with Gasteiger partial charge >= 0.3 is 5.97 Å². The van der Waals surface area contributed by atoms with E-state index in [1.54, 1.807) is 31.2 Å². The first-order chi connectivity index (χ1) is 17.6. The normalized spacial score (nSPS) is 13.3. The SMILES string of the molecule is CCOC(=O)C(Oc1cc2occ(-c3ccc4c(c3)OCCO4)c(=O)c2cc1CC)c1ccccc1. The Labute approximate surface area is 208 Å². The van der Waals surface area contributed by atoms with Crippen LogP contribution in [0, 0.1) is 0 Å². The summed E-state index contributed by atoms with van der Waals surface area (Å²) in [6.07, 6.45) is 1.08. The third-order valence-corrected chi connectivity index (χ3v) is 6.04. The van der Waals surface area contributed by atoms with Crippen molar-refractivity contribution in [3.05, 3.63) is 88.3 Å². The predicted octanol–water partition coefficient (Wildman–Crippen LogP) is 5.48. The van der Waals surface area contributed by atoms with Crippen LogP contribution in [0.15, 0.2) is 76.1 Å². The van der Waals surface area contributed by atoms with Crippen molar-refractivity contribution >= 4 is 16.9 Å². The van der Waals surface area contributed by atoms with Crippen molar-refractivity contribution in [1.82, 2.24) is 0 Å². The summed E-state index contributed by atoms with van der Waals surface area (Å²) in [6, 6.07) is 18.0. The Balaban J connectivity index is 1.55. The lowest BCUT2D eigenvalue weighted by atomic mass is 10.0. The second kappa shape index (κ2) is 10.2. The molecule has 7 nitrogen and oxygen atoms in total. The quantitative estimate of drug-likeness (QED) is 0.320. The average molecular weight is 487 g/mol. The maximum absolute atomic E-state index is 13.5. The molecule has 2 heterocycles. The van der Waals surface area contributed by atoms with Crippen LogP contribution in [-0.4, -0.2) is 25.8 Å². The highest BCUT2D eigenvalue weighted by atomic mass is 16.6. The Morgan fingerprint density at radius 3 is 2.50 bits per heavy atom. The van der Waals surface area contributed by atoms with Gasteiger partial charge in [-0.3, -0.25) is 4.79 Å². The molecule has 1 aromatic heterocycles. The van der Waals surface area contributed by atoms with Crippen molar-refractivity contribution in [3.8, 4) is 28.4 Å². The summed E-state index contributed by atoms with van der Waals surface area (Å²) in [4.78, 5) is 26.2. The molecule has 0 saturated carbocycles. The number of benzene rings is 3. The lowest BCUT2D eigenvalue weighted by Gasteiger charge is -2.20. The van der Waals surface area contributed by atoms with E-state index in [4.69, 9.17) is 23.4 Å². The summed E-state index contributed by atoms with van der Waals surface area (Å²) < 4.78 is 28.6. The van der Waals surface area contributed by atoms with E-state index in [0.717, 1.165) is 5.56 Å². The molecule has 0 radical (unpaired) electrons. The molecule has 0 saturated heterocycles. The zero-order valence-electron chi connectivity index (χ0n) is 20.1. The zero-order valence-corrected chi connectivity index (χ0v) is 20.1. The van der Waals surface area contributed by atoms with Crippen LogP contribution in [0.5, 0.6) is 17.2 Å². The number of carbonyl (C=O) groups excluding carboxylic acids is 1. The second-order valence-electron chi connectivity index (χ2n) is 8.31. The van der Waals surface area contributed by atoms with E-state index < -0.39 is 12.1 Å². The molecule has 3 aromatic carbocycles. The van der Waals surface area contributed by atoms with Gasteiger partial charge in [-0.1, -0.05) is 43.3 Å². The van der Waals surface area contributed by atoms with Gasteiger partial charge in [-0.25, -0.2) is 4.79 Å². The van der Waals surface area contributed by atoms with Crippen LogP contribution in [0.4, 0.5) is 0 Å². The second-order valence-corrected chi connectivity index (χ2v) is 8.31. The number of aryl methyl sites for hydroxylation is 1. The Hall–Kier alpha value is -4.26. The zero-order chi connectivity index (χ0) is 25.1. The highest BCUT2D eigenvalue weighted by molar-refractivity contribution is 5.84. The maximum Gasteiger partial charge on any atom is 0.352 e. The number of ether oxygens (including phenoxy) is 4. The minimum Gasteiger partial charge on any atom is -0.486 e. The van der Waals surface area contributed by atoms with E-state index in [1.807, 2.05) is 43.3 Å². The molecule has 0 spiro atoms. The van der Waals surface area contributed by atoms with Gasteiger partial charge in [0.2, 0.25) is 11.5 Å². The Morgan fingerprint density at radius 1 is 0.972 bits per heavy atom. The number of esters is 1. The van der Waals surface area contributed by atoms with Gasteiger partial charge in [-0.2, -0.15) is 0 Å². The Bertz CT molecular complexity index is 1460. The van der Waals surface area contributed by atoms with E-state index in [2.05, 4.69) is 0 Å². The van der Waals surface area contributed by atoms with Gasteiger partial charge < -0.3 is 23.4 Å². The number of rotatable bonds is 7. The van der Waals surface area contributed by atoms with E-state index >= 15 is 0 Å². The standard InChI is InChI=1S/C29H26O7/c1-3-18-14-21-25(16-24(18)36-28(29(31)32-4-2)19-8-6-5-7-9-19)35-17-22(27(21)30)20-10-11-23-26(15-20)34-13-12-33-23/h5-11,14-17,28H,3-4,12-13H2,1-2H3. The van der Waals surface area contributed by atoms with E-state index in [-0.39, 0.29) is 12.0 Å². The van der Waals surface area contributed by atoms with Gasteiger partial charge in [0, 0.05) is 11.6 Å². The molecule has 1 atom stereocenters. The monoisotopic (exact) mass is 486 g/mol. The fourth-order valence-electron chi connectivity index (χ4n) is 4.22. The first-order valence-electron chi connectivity index (χ1n) is 12.0. The van der Waals surface area contributed by atoms with Crippen molar-refractivity contribution in [2.24, 2.45) is 0 Å². The predicted molar refractivity (Wildman–Crippen MR) is 135 cm³/mol. The van der Waals surface area contributed by atoms with Crippen molar-refractivity contribution in [2.45, 2.75) is 26.4 Å². The molecule has 0 bridgehead atoms. The van der Waals surface area contributed by atoms with Crippen LogP contribution < -0.4 is 19.6 Å². The van der Waals surface area contributed by atoms with Crippen LogP contribution >= 0.6 is 0 Å². The summed E-state index contributed by atoms with van der Waals surface area (Å²) in [5, 5.41) is 0.430. The molecule has 4 aromatic rings. The number of fused-ring (bicyclic) bond motifs is 2. The van der Waals surface area contributed by atoms with Gasteiger partial charge in [0.15, 0.2) is 11.5 Å². The fourth-order valence-corrected chi connectivity index (χ4v) is 4.22. The molecule has 5 rings (SSSR count). The molecule has 0 aliphatic carbocycles. The molecular weight excluding hydrogens is 460 g/mol. The molecule has 7 heteroatoms. The molecule has 0 amide bonds. The Morgan fingerprint density at radius 2 is 1.75 bits per heavy atom. The molecule has 1 aliphatic rings. The van der Waals surface area contributed by atoms with Crippen molar-refractivity contribution < 1.29 is 28.2 Å². The lowest BCUT2D eigenvalue weighted by Crippen LogP contribution is -2.22. The minimum absolute atomic E-state index is 0.167. The van der Waals surface area contributed by atoms with E-state index in [1.165, 1.54) is 6.26 Å². The van der Waals surface area contributed by atoms with Crippen molar-refractivity contribution in [3.63, 3.8) is 0 Å². The van der Waals surface area contributed by atoms with Gasteiger partial charge in [-0.05, 0) is 42.7 Å². The first-order valence-corrected chi connectivity index (χ1v) is 12.0. The van der Waals surface area contributed by atoms with Crippen LogP contribution in [0.25, 0.3) is 22.1 Å². The van der Waals surface area contributed by atoms with Gasteiger partial charge in [-0.15, -0.1) is 0 Å². The van der Waals surface area contributed by atoms with Crippen LogP contribution in [-0.2, 0) is 16.0 Å². The number of hydrogen-bond acceptors (Lipinski definition) is 7. The molecule has 0 fully saturated rings. The number of hydrogen-bond donors (Lipinski definition) is 0. The minimum atomic E-state index is -0.947. The fraction of sp³-hybridized carbons (Fsp3) is 0.241. The topological polar surface area (TPSA) is 84.2 Å². The first kappa shape index (κ1) is 23.5. The summed E-state index contributed by atoms with van der Waals surface area (Å²) in [5.41, 5.74) is 2.75. The van der Waals surface area contributed by atoms with Gasteiger partial charge in [0.1, 0.15) is 30.8 Å². The summed E-state index contributed by atoms with van der Waals surface area (Å²) >= 11 is 0. The molecule has 0 N–H and O–H groups in total. The van der Waals surface area contributed by atoms with Crippen LogP contribution in [0.2, 0.25) is 0 Å². The third kappa shape index (κ3) is 4.52. The van der Waals surface area contributed by atoms with Crippen LogP contribution in [0.3, 0.4) is 0 Å². The van der Waals surface area contributed by atoms with Crippen LogP contribution in [0.1, 0.15) is 31.1 Å². The van der Waals surface area contributed by atoms with Crippen molar-refractivity contribution in [2.75, 3.05) is 19.8 Å². The van der Waals surface area contributed by atoms with Gasteiger partial charge in [0.25, 0.3) is 0 Å². The summed E-state index contributed by atoms with van der Waals surface area (Å²) in [5.74, 6) is 1.23. The average Bonchev–Trinajstić information content (AvgIpc) is 2.92. The maximum atomic E-state index is 13.5.